The Balaban J connectivity index is 1.84. The summed E-state index contributed by atoms with van der Waals surface area (Å²) in [6.07, 6.45) is 4.93. The molecule has 2 N–H and O–H groups in total. The second kappa shape index (κ2) is 6.92. The van der Waals surface area contributed by atoms with Crippen LogP contribution in [0.5, 0.6) is 5.75 Å². The number of hydrogen-bond acceptors (Lipinski definition) is 3. The topological polar surface area (TPSA) is 49.7 Å². The van der Waals surface area contributed by atoms with Gasteiger partial charge in [-0.3, -0.25) is 0 Å². The number of aliphatic hydroxyl groups is 2. The molecule has 0 bridgehead atoms. The summed E-state index contributed by atoms with van der Waals surface area (Å²) in [5.74, 6) is 1.33. The Bertz CT molecular complexity index is 383. The molecule has 0 aromatic heterocycles. The fraction of sp³-hybridized carbons (Fsp3) is 0.625. The van der Waals surface area contributed by atoms with Crippen LogP contribution in [0.3, 0.4) is 0 Å². The van der Waals surface area contributed by atoms with Crippen LogP contribution in [0.4, 0.5) is 0 Å². The lowest BCUT2D eigenvalue weighted by Crippen LogP contribution is -2.20. The Hall–Kier alpha value is -1.06. The van der Waals surface area contributed by atoms with Crippen LogP contribution in [0.25, 0.3) is 0 Å². The van der Waals surface area contributed by atoms with Gasteiger partial charge in [-0.2, -0.15) is 0 Å². The van der Waals surface area contributed by atoms with E-state index in [2.05, 4.69) is 0 Å². The highest BCUT2D eigenvalue weighted by molar-refractivity contribution is 5.34. The van der Waals surface area contributed by atoms with Gasteiger partial charge in [-0.1, -0.05) is 43.9 Å². The lowest BCUT2D eigenvalue weighted by atomic mass is 10.0. The van der Waals surface area contributed by atoms with Crippen molar-refractivity contribution in [2.75, 3.05) is 6.61 Å². The van der Waals surface area contributed by atoms with E-state index in [-0.39, 0.29) is 0 Å². The van der Waals surface area contributed by atoms with Gasteiger partial charge in [-0.05, 0) is 25.3 Å². The van der Waals surface area contributed by atoms with Crippen LogP contribution in [0.1, 0.15) is 50.7 Å². The van der Waals surface area contributed by atoms with E-state index in [0.717, 1.165) is 12.0 Å². The fourth-order valence-electron chi connectivity index (χ4n) is 2.84. The minimum atomic E-state index is -0.553. The second-order valence-corrected chi connectivity index (χ2v) is 5.56. The zero-order valence-electron chi connectivity index (χ0n) is 11.6. The van der Waals surface area contributed by atoms with Crippen molar-refractivity contribution in [3.05, 3.63) is 29.8 Å². The summed E-state index contributed by atoms with van der Waals surface area (Å²) in [6.45, 7) is 2.03. The molecule has 1 aliphatic rings. The Labute approximate surface area is 115 Å². The first-order chi connectivity index (χ1) is 9.16. The van der Waals surface area contributed by atoms with Gasteiger partial charge in [-0.25, -0.2) is 0 Å². The molecule has 0 aliphatic heterocycles. The van der Waals surface area contributed by atoms with Gasteiger partial charge >= 0.3 is 0 Å². The number of ether oxygens (including phenoxy) is 1. The van der Waals surface area contributed by atoms with Gasteiger partial charge in [0.1, 0.15) is 12.4 Å². The predicted octanol–water partition coefficient (Wildman–Crippen LogP) is 3.06. The Morgan fingerprint density at radius 3 is 2.58 bits per heavy atom. The summed E-state index contributed by atoms with van der Waals surface area (Å²) in [6, 6.07) is 7.45. The van der Waals surface area contributed by atoms with E-state index in [9.17, 15) is 10.2 Å². The smallest absolute Gasteiger partial charge is 0.125 e. The van der Waals surface area contributed by atoms with E-state index in [0.29, 0.717) is 18.3 Å². The van der Waals surface area contributed by atoms with Crippen molar-refractivity contribution in [3.8, 4) is 5.75 Å². The first-order valence-corrected chi connectivity index (χ1v) is 7.24. The zero-order chi connectivity index (χ0) is 13.7. The van der Waals surface area contributed by atoms with Crippen LogP contribution in [0, 0.1) is 5.92 Å². The molecule has 2 unspecified atom stereocenters. The number of benzene rings is 1. The Kier molecular flexibility index (Phi) is 5.23. The van der Waals surface area contributed by atoms with Gasteiger partial charge in [0, 0.05) is 5.56 Å². The first kappa shape index (κ1) is 14.4. The van der Waals surface area contributed by atoms with Crippen LogP contribution in [-0.4, -0.2) is 22.9 Å². The van der Waals surface area contributed by atoms with Gasteiger partial charge in [-0.15, -0.1) is 0 Å². The van der Waals surface area contributed by atoms with E-state index in [1.165, 1.54) is 25.7 Å². The molecular weight excluding hydrogens is 240 g/mol. The summed E-state index contributed by atoms with van der Waals surface area (Å²) in [5.41, 5.74) is 0.774. The van der Waals surface area contributed by atoms with Gasteiger partial charge in [0.05, 0.1) is 12.2 Å². The van der Waals surface area contributed by atoms with E-state index < -0.39 is 12.2 Å². The second-order valence-electron chi connectivity index (χ2n) is 5.56. The average Bonchev–Trinajstić information content (AvgIpc) is 2.89. The predicted molar refractivity (Wildman–Crippen MR) is 75.2 cm³/mol. The molecule has 1 aromatic rings. The van der Waals surface area contributed by atoms with Gasteiger partial charge in [0.25, 0.3) is 0 Å². The summed E-state index contributed by atoms with van der Waals surface area (Å²) in [5, 5.41) is 19.7. The third kappa shape index (κ3) is 4.22. The third-order valence-corrected chi connectivity index (χ3v) is 3.88. The fourth-order valence-corrected chi connectivity index (χ4v) is 2.84. The van der Waals surface area contributed by atoms with Crippen LogP contribution in [0.2, 0.25) is 0 Å². The van der Waals surface area contributed by atoms with E-state index >= 15 is 0 Å². The Morgan fingerprint density at radius 1 is 1.21 bits per heavy atom. The van der Waals surface area contributed by atoms with Crippen molar-refractivity contribution < 1.29 is 14.9 Å². The number of hydrogen-bond donors (Lipinski definition) is 2. The van der Waals surface area contributed by atoms with Crippen LogP contribution >= 0.6 is 0 Å². The minimum absolute atomic E-state index is 0.306. The maximum Gasteiger partial charge on any atom is 0.125 e. The minimum Gasteiger partial charge on any atom is -0.491 e. The monoisotopic (exact) mass is 264 g/mol. The van der Waals surface area contributed by atoms with Crippen molar-refractivity contribution in [3.63, 3.8) is 0 Å². The molecule has 2 rings (SSSR count). The van der Waals surface area contributed by atoms with Crippen molar-refractivity contribution in [1.82, 2.24) is 0 Å². The molecule has 1 aliphatic carbocycles. The molecule has 0 radical (unpaired) electrons. The lowest BCUT2D eigenvalue weighted by Gasteiger charge is -2.18. The van der Waals surface area contributed by atoms with Crippen LogP contribution < -0.4 is 4.74 Å². The molecule has 0 heterocycles. The standard InChI is InChI=1S/C16H24O3/c1-12(17)15-8-4-5-9-16(15)19-11-14(18)10-13-6-2-3-7-13/h4-5,8-9,12-14,17-18H,2-3,6-7,10-11H2,1H3. The van der Waals surface area contributed by atoms with Crippen LogP contribution in [0.15, 0.2) is 24.3 Å². The highest BCUT2D eigenvalue weighted by atomic mass is 16.5. The molecule has 1 fully saturated rings. The molecule has 1 aromatic carbocycles. The SMILES string of the molecule is CC(O)c1ccccc1OCC(O)CC1CCCC1. The number of para-hydroxylation sites is 1. The highest BCUT2D eigenvalue weighted by Crippen LogP contribution is 2.29. The molecule has 1 saturated carbocycles. The summed E-state index contributed by atoms with van der Waals surface area (Å²) in [7, 11) is 0. The van der Waals surface area contributed by atoms with Crippen LogP contribution in [-0.2, 0) is 0 Å². The van der Waals surface area contributed by atoms with Gasteiger partial charge in [0.2, 0.25) is 0 Å². The molecule has 3 heteroatoms. The van der Waals surface area contributed by atoms with Gasteiger partial charge in [0.15, 0.2) is 0 Å². The molecule has 2 atom stereocenters. The maximum atomic E-state index is 10.0. The average molecular weight is 264 g/mol. The summed E-state index contributed by atoms with van der Waals surface area (Å²) < 4.78 is 5.66. The molecule has 3 nitrogen and oxygen atoms in total. The first-order valence-electron chi connectivity index (χ1n) is 7.24. The summed E-state index contributed by atoms with van der Waals surface area (Å²) >= 11 is 0. The molecular formula is C16H24O3. The molecule has 0 amide bonds. The Morgan fingerprint density at radius 2 is 1.89 bits per heavy atom. The molecule has 19 heavy (non-hydrogen) atoms. The normalized spacial score (nSPS) is 19.3. The maximum absolute atomic E-state index is 10.0. The molecule has 0 saturated heterocycles. The van der Waals surface area contributed by atoms with Crippen molar-refractivity contribution >= 4 is 0 Å². The quantitative estimate of drug-likeness (QED) is 0.830. The highest BCUT2D eigenvalue weighted by Gasteiger charge is 2.19. The van der Waals surface area contributed by atoms with Crippen molar-refractivity contribution in [2.24, 2.45) is 5.92 Å². The van der Waals surface area contributed by atoms with E-state index in [1.807, 2.05) is 24.3 Å². The largest absolute Gasteiger partial charge is 0.491 e. The van der Waals surface area contributed by atoms with Gasteiger partial charge < -0.3 is 14.9 Å². The van der Waals surface area contributed by atoms with Crippen molar-refractivity contribution in [2.45, 2.75) is 51.2 Å². The molecule has 0 spiro atoms. The zero-order valence-corrected chi connectivity index (χ0v) is 11.6. The molecule has 106 valence electrons. The number of rotatable bonds is 6. The number of aliphatic hydroxyl groups excluding tert-OH is 2. The van der Waals surface area contributed by atoms with E-state index in [1.54, 1.807) is 6.92 Å². The van der Waals surface area contributed by atoms with E-state index in [4.69, 9.17) is 4.74 Å². The lowest BCUT2D eigenvalue weighted by molar-refractivity contribution is 0.0832. The van der Waals surface area contributed by atoms with Crippen molar-refractivity contribution in [1.29, 1.82) is 0 Å². The third-order valence-electron chi connectivity index (χ3n) is 3.88. The summed E-state index contributed by atoms with van der Waals surface area (Å²) in [4.78, 5) is 0.